The highest BCUT2D eigenvalue weighted by molar-refractivity contribution is 6.01. The number of benzene rings is 1. The maximum absolute atomic E-state index is 14.6. The summed E-state index contributed by atoms with van der Waals surface area (Å²) in [5.41, 5.74) is 1.82. The molecule has 1 saturated carbocycles. The highest BCUT2D eigenvalue weighted by Gasteiger charge is 2.33. The Labute approximate surface area is 247 Å². The van der Waals surface area contributed by atoms with Crippen molar-refractivity contribution < 1.29 is 23.5 Å². The van der Waals surface area contributed by atoms with Gasteiger partial charge in [0.25, 0.3) is 5.91 Å². The minimum absolute atomic E-state index is 0.0660. The van der Waals surface area contributed by atoms with Crippen molar-refractivity contribution in [3.05, 3.63) is 77.1 Å². The number of rotatable bonds is 5. The normalized spacial score (nSPS) is 21.0. The molecule has 1 aliphatic heterocycles. The van der Waals surface area contributed by atoms with Crippen LogP contribution in [0, 0.1) is 11.6 Å². The summed E-state index contributed by atoms with van der Waals surface area (Å²) in [5, 5.41) is 21.4. The molecule has 1 aromatic carbocycles. The highest BCUT2D eigenvalue weighted by atomic mass is 19.1. The summed E-state index contributed by atoms with van der Waals surface area (Å²) in [6.07, 6.45) is 6.38. The van der Waals surface area contributed by atoms with E-state index in [-0.39, 0.29) is 29.3 Å². The average Bonchev–Trinajstić information content (AvgIpc) is 3.72. The first-order valence-electron chi connectivity index (χ1n) is 14.7. The lowest BCUT2D eigenvalue weighted by atomic mass is 9.85. The first kappa shape index (κ1) is 28.8. The summed E-state index contributed by atoms with van der Waals surface area (Å²) >= 11 is 0. The van der Waals surface area contributed by atoms with E-state index >= 15 is 0 Å². The van der Waals surface area contributed by atoms with E-state index in [9.17, 15) is 23.5 Å². The van der Waals surface area contributed by atoms with Crippen molar-refractivity contribution in [1.82, 2.24) is 29.7 Å². The van der Waals surface area contributed by atoms with Crippen LogP contribution in [-0.2, 0) is 5.41 Å². The van der Waals surface area contributed by atoms with Gasteiger partial charge in [-0.1, -0.05) is 20.8 Å². The molecule has 12 heteroatoms. The van der Waals surface area contributed by atoms with Gasteiger partial charge in [0.05, 0.1) is 23.3 Å². The molecule has 0 spiro atoms. The second kappa shape index (κ2) is 11.1. The molecule has 10 nitrogen and oxygen atoms in total. The topological polar surface area (TPSA) is 118 Å². The van der Waals surface area contributed by atoms with E-state index in [4.69, 9.17) is 0 Å². The van der Waals surface area contributed by atoms with Gasteiger partial charge in [-0.25, -0.2) is 23.1 Å². The van der Waals surface area contributed by atoms with Crippen molar-refractivity contribution >= 4 is 23.2 Å². The lowest BCUT2D eigenvalue weighted by Crippen LogP contribution is -2.37. The van der Waals surface area contributed by atoms with E-state index in [0.29, 0.717) is 66.9 Å². The number of hydrogen-bond acceptors (Lipinski definition) is 6. The lowest BCUT2D eigenvalue weighted by Gasteiger charge is -2.28. The predicted octanol–water partition coefficient (Wildman–Crippen LogP) is 5.83. The Balaban J connectivity index is 1.16. The Kier molecular flexibility index (Phi) is 7.39. The van der Waals surface area contributed by atoms with Gasteiger partial charge in [-0.05, 0) is 68.9 Å². The largest absolute Gasteiger partial charge is 0.463 e. The number of hydrogen-bond donors (Lipinski definition) is 2. The molecule has 1 atom stereocenters. The van der Waals surface area contributed by atoms with Crippen molar-refractivity contribution in [1.29, 1.82) is 0 Å². The van der Waals surface area contributed by atoms with Gasteiger partial charge in [0, 0.05) is 41.4 Å². The monoisotopic (exact) mass is 591 g/mol. The molecule has 2 aliphatic rings. The number of anilines is 1. The van der Waals surface area contributed by atoms with E-state index in [1.165, 1.54) is 12.3 Å². The minimum Gasteiger partial charge on any atom is -0.463 e. The van der Waals surface area contributed by atoms with E-state index < -0.39 is 17.7 Å². The molecule has 4 aromatic rings. The standard InChI is InChI=1S/C31H35F2N7O3/c1-31(2,3)29-36-27(40(37-29)30(42)43)18-6-9-20(10-7-18)35-28(41)23-17-34-39-14-12-21(16-26(23)39)38-13-4-5-25(38)22-15-19(32)8-11-24(22)33/h8,11-12,14-18,20,25H,4-7,9-10,13H2,1-3H3,(H,35,41)(H,42,43). The average molecular weight is 592 g/mol. The van der Waals surface area contributed by atoms with Crippen LogP contribution >= 0.6 is 0 Å². The van der Waals surface area contributed by atoms with Crippen LogP contribution in [0.4, 0.5) is 19.3 Å². The third kappa shape index (κ3) is 5.57. The number of halogens is 2. The number of nitrogens with one attached hydrogen (secondary N) is 1. The van der Waals surface area contributed by atoms with Crippen LogP contribution in [0.1, 0.15) is 98.8 Å². The van der Waals surface area contributed by atoms with Gasteiger partial charge in [0.15, 0.2) is 5.82 Å². The minimum atomic E-state index is -1.15. The third-order valence-electron chi connectivity index (χ3n) is 8.56. The van der Waals surface area contributed by atoms with Crippen molar-refractivity contribution in [3.8, 4) is 0 Å². The summed E-state index contributed by atoms with van der Waals surface area (Å²) in [6.45, 7) is 6.52. The Hall–Kier alpha value is -4.35. The summed E-state index contributed by atoms with van der Waals surface area (Å²) in [5.74, 6) is -0.265. The summed E-state index contributed by atoms with van der Waals surface area (Å²) in [7, 11) is 0. The van der Waals surface area contributed by atoms with Gasteiger partial charge in [-0.2, -0.15) is 5.10 Å². The van der Waals surface area contributed by atoms with Crippen LogP contribution < -0.4 is 10.2 Å². The quantitative estimate of drug-likeness (QED) is 0.300. The van der Waals surface area contributed by atoms with E-state index in [1.807, 2.05) is 32.9 Å². The lowest BCUT2D eigenvalue weighted by molar-refractivity contribution is 0.0927. The molecule has 1 amide bonds. The number of fused-ring (bicyclic) bond motifs is 1. The molecular formula is C31H35F2N7O3. The predicted molar refractivity (Wildman–Crippen MR) is 155 cm³/mol. The fourth-order valence-corrected chi connectivity index (χ4v) is 6.30. The zero-order valence-corrected chi connectivity index (χ0v) is 24.4. The summed E-state index contributed by atoms with van der Waals surface area (Å²) in [6, 6.07) is 6.91. The van der Waals surface area contributed by atoms with Crippen LogP contribution in [0.25, 0.3) is 5.52 Å². The maximum atomic E-state index is 14.6. The number of nitrogens with zero attached hydrogens (tertiary/aromatic N) is 6. The van der Waals surface area contributed by atoms with Crippen molar-refractivity contribution in [2.75, 3.05) is 11.4 Å². The molecule has 1 saturated heterocycles. The number of carboxylic acid groups (broad SMARTS) is 1. The van der Waals surface area contributed by atoms with Crippen LogP contribution in [0.3, 0.4) is 0 Å². The van der Waals surface area contributed by atoms with Gasteiger partial charge < -0.3 is 15.3 Å². The highest BCUT2D eigenvalue weighted by Crippen LogP contribution is 2.38. The third-order valence-corrected chi connectivity index (χ3v) is 8.56. The molecular weight excluding hydrogens is 556 g/mol. The number of carbonyl (C=O) groups excluding carboxylic acids is 1. The molecule has 0 radical (unpaired) electrons. The smallest absolute Gasteiger partial charge is 0.434 e. The number of aromatic nitrogens is 5. The molecule has 2 N–H and O–H groups in total. The Morgan fingerprint density at radius 1 is 1.05 bits per heavy atom. The zero-order valence-electron chi connectivity index (χ0n) is 24.4. The first-order chi connectivity index (χ1) is 20.5. The summed E-state index contributed by atoms with van der Waals surface area (Å²) < 4.78 is 31.2. The fourth-order valence-electron chi connectivity index (χ4n) is 6.30. The first-order valence-corrected chi connectivity index (χ1v) is 14.7. The van der Waals surface area contributed by atoms with Crippen LogP contribution in [0.5, 0.6) is 0 Å². The number of pyridine rings is 1. The van der Waals surface area contributed by atoms with Gasteiger partial charge >= 0.3 is 6.09 Å². The Morgan fingerprint density at radius 2 is 1.81 bits per heavy atom. The molecule has 1 unspecified atom stereocenters. The molecule has 2 fully saturated rings. The van der Waals surface area contributed by atoms with Crippen molar-refractivity contribution in [2.24, 2.45) is 0 Å². The van der Waals surface area contributed by atoms with Gasteiger partial charge in [-0.3, -0.25) is 4.79 Å². The van der Waals surface area contributed by atoms with Crippen LogP contribution in [0.15, 0.2) is 42.7 Å². The Bertz CT molecular complexity index is 1680. The van der Waals surface area contributed by atoms with E-state index in [1.54, 1.807) is 10.7 Å². The summed E-state index contributed by atoms with van der Waals surface area (Å²) in [4.78, 5) is 31.9. The SMILES string of the molecule is CC(C)(C)c1nc(C2CCC(NC(=O)c3cnn4ccc(N5CCCC5c5cc(F)ccc5F)cc34)CC2)n(C(=O)O)n1. The molecule has 1 aliphatic carbocycles. The van der Waals surface area contributed by atoms with Crippen LogP contribution in [0.2, 0.25) is 0 Å². The van der Waals surface area contributed by atoms with E-state index in [0.717, 1.165) is 28.9 Å². The molecule has 3 aromatic heterocycles. The van der Waals surface area contributed by atoms with Gasteiger partial charge in [-0.15, -0.1) is 9.78 Å². The molecule has 43 heavy (non-hydrogen) atoms. The second-order valence-corrected chi connectivity index (χ2v) is 12.6. The zero-order chi connectivity index (χ0) is 30.5. The molecule has 226 valence electrons. The van der Waals surface area contributed by atoms with Gasteiger partial charge in [0.1, 0.15) is 17.5 Å². The number of carbonyl (C=O) groups is 2. The van der Waals surface area contributed by atoms with Crippen LogP contribution in [-0.4, -0.2) is 54.1 Å². The molecule has 4 heterocycles. The van der Waals surface area contributed by atoms with Gasteiger partial charge in [0.2, 0.25) is 0 Å². The molecule has 6 rings (SSSR count). The van der Waals surface area contributed by atoms with E-state index in [2.05, 4.69) is 25.4 Å². The second-order valence-electron chi connectivity index (χ2n) is 12.6. The fraction of sp³-hybridized carbons (Fsp3) is 0.452. The van der Waals surface area contributed by atoms with Crippen molar-refractivity contribution in [3.63, 3.8) is 0 Å². The number of amides is 1. The Morgan fingerprint density at radius 3 is 2.53 bits per heavy atom. The molecule has 0 bridgehead atoms. The maximum Gasteiger partial charge on any atom is 0.434 e. The van der Waals surface area contributed by atoms with Crippen molar-refractivity contribution in [2.45, 2.75) is 82.7 Å².